The summed E-state index contributed by atoms with van der Waals surface area (Å²) < 4.78 is 0. The number of pyridine rings is 1. The fourth-order valence-corrected chi connectivity index (χ4v) is 3.29. The summed E-state index contributed by atoms with van der Waals surface area (Å²) in [4.78, 5) is 16.2. The van der Waals surface area contributed by atoms with Gasteiger partial charge in [-0.2, -0.15) is 0 Å². The van der Waals surface area contributed by atoms with Crippen LogP contribution in [0.25, 0.3) is 22.4 Å². The van der Waals surface area contributed by atoms with Crippen molar-refractivity contribution in [2.45, 2.75) is 25.7 Å². The van der Waals surface area contributed by atoms with Crippen LogP contribution in [-0.4, -0.2) is 47.0 Å². The van der Waals surface area contributed by atoms with Gasteiger partial charge in [0.2, 0.25) is 0 Å². The van der Waals surface area contributed by atoms with Crippen molar-refractivity contribution in [1.82, 2.24) is 19.9 Å². The molecule has 0 fully saturated rings. The van der Waals surface area contributed by atoms with Gasteiger partial charge in [-0.15, -0.1) is 0 Å². The number of rotatable bonds is 9. The molecule has 3 aromatic rings. The predicted molar refractivity (Wildman–Crippen MR) is 118 cm³/mol. The van der Waals surface area contributed by atoms with Gasteiger partial charge < -0.3 is 10.2 Å². The third-order valence-electron chi connectivity index (χ3n) is 4.44. The molecule has 28 heavy (non-hydrogen) atoms. The van der Waals surface area contributed by atoms with Crippen LogP contribution in [0, 0.1) is 0 Å². The molecule has 0 aliphatic heterocycles. The summed E-state index contributed by atoms with van der Waals surface area (Å²) >= 11 is 12.3. The minimum absolute atomic E-state index is 0.467. The van der Waals surface area contributed by atoms with Gasteiger partial charge in [-0.25, -0.2) is 9.97 Å². The highest BCUT2D eigenvalue weighted by atomic mass is 35.5. The molecule has 1 N–H and O–H groups in total. The Balaban J connectivity index is 1.76. The van der Waals surface area contributed by atoms with Gasteiger partial charge in [0.1, 0.15) is 5.69 Å². The third kappa shape index (κ3) is 5.53. The smallest absolute Gasteiger partial charge is 0.154 e. The first-order chi connectivity index (χ1) is 13.5. The Morgan fingerprint density at radius 3 is 2.32 bits per heavy atom. The molecular formula is C21H25Cl2N5. The lowest BCUT2D eigenvalue weighted by atomic mass is 10.2. The Morgan fingerprint density at radius 1 is 0.929 bits per heavy atom. The Labute approximate surface area is 176 Å². The summed E-state index contributed by atoms with van der Waals surface area (Å²) in [6.07, 6.45) is 6.47. The van der Waals surface area contributed by atoms with E-state index in [1.807, 2.05) is 18.2 Å². The van der Waals surface area contributed by atoms with Crippen LogP contribution in [0.4, 0.5) is 5.82 Å². The summed E-state index contributed by atoms with van der Waals surface area (Å²) in [5.74, 6) is 0.720. The van der Waals surface area contributed by atoms with Crippen LogP contribution in [0.3, 0.4) is 0 Å². The number of hydrogen-bond acceptors (Lipinski definition) is 5. The van der Waals surface area contributed by atoms with E-state index in [0.717, 1.165) is 36.7 Å². The molecular weight excluding hydrogens is 393 g/mol. The van der Waals surface area contributed by atoms with E-state index in [0.29, 0.717) is 21.1 Å². The Kier molecular flexibility index (Phi) is 7.43. The summed E-state index contributed by atoms with van der Waals surface area (Å²) in [6, 6.07) is 9.25. The van der Waals surface area contributed by atoms with Gasteiger partial charge in [-0.3, -0.25) is 4.98 Å². The SMILES string of the molecule is CN(C)CCCCCCNc1nc2cc(Cl)c(Cl)cc2nc1-c1ccccn1. The minimum atomic E-state index is 0.467. The number of aromatic nitrogens is 3. The molecule has 0 spiro atoms. The van der Waals surface area contributed by atoms with E-state index in [-0.39, 0.29) is 0 Å². The predicted octanol–water partition coefficient (Wildman–Crippen LogP) is 5.53. The number of fused-ring (bicyclic) bond motifs is 1. The second-order valence-corrected chi connectivity index (χ2v) is 7.85. The Bertz CT molecular complexity index is 916. The molecule has 0 amide bonds. The van der Waals surface area contributed by atoms with Crippen molar-refractivity contribution in [2.75, 3.05) is 32.5 Å². The third-order valence-corrected chi connectivity index (χ3v) is 5.16. The highest BCUT2D eigenvalue weighted by Crippen LogP contribution is 2.30. The van der Waals surface area contributed by atoms with Gasteiger partial charge in [0.15, 0.2) is 5.82 Å². The number of benzene rings is 1. The molecule has 5 nitrogen and oxygen atoms in total. The Morgan fingerprint density at radius 2 is 1.64 bits per heavy atom. The molecule has 2 aromatic heterocycles. The van der Waals surface area contributed by atoms with Crippen LogP contribution in [0.5, 0.6) is 0 Å². The first-order valence-electron chi connectivity index (χ1n) is 9.51. The summed E-state index contributed by atoms with van der Waals surface area (Å²) in [7, 11) is 4.22. The molecule has 0 aliphatic rings. The number of halogens is 2. The van der Waals surface area contributed by atoms with Gasteiger partial charge in [-0.1, -0.05) is 42.1 Å². The quantitative estimate of drug-likeness (QED) is 0.463. The molecule has 0 saturated carbocycles. The van der Waals surface area contributed by atoms with Crippen molar-refractivity contribution in [1.29, 1.82) is 0 Å². The van der Waals surface area contributed by atoms with Crippen molar-refractivity contribution in [3.63, 3.8) is 0 Å². The van der Waals surface area contributed by atoms with E-state index in [4.69, 9.17) is 33.2 Å². The molecule has 2 heterocycles. The largest absolute Gasteiger partial charge is 0.368 e. The van der Waals surface area contributed by atoms with E-state index in [9.17, 15) is 0 Å². The first kappa shape index (κ1) is 20.8. The van der Waals surface area contributed by atoms with Crippen LogP contribution < -0.4 is 5.32 Å². The molecule has 0 saturated heterocycles. The lowest BCUT2D eigenvalue weighted by Crippen LogP contribution is -2.12. The van der Waals surface area contributed by atoms with E-state index in [1.165, 1.54) is 19.3 Å². The first-order valence-corrected chi connectivity index (χ1v) is 10.3. The number of unbranched alkanes of at least 4 members (excludes halogenated alkanes) is 3. The molecule has 0 bridgehead atoms. The monoisotopic (exact) mass is 417 g/mol. The zero-order valence-electron chi connectivity index (χ0n) is 16.3. The maximum atomic E-state index is 6.16. The molecule has 7 heteroatoms. The van der Waals surface area contributed by atoms with Crippen molar-refractivity contribution < 1.29 is 0 Å². The van der Waals surface area contributed by atoms with Crippen LogP contribution in [0.2, 0.25) is 10.0 Å². The van der Waals surface area contributed by atoms with Gasteiger partial charge >= 0.3 is 0 Å². The van der Waals surface area contributed by atoms with E-state index in [1.54, 1.807) is 18.3 Å². The number of nitrogens with zero attached hydrogens (tertiary/aromatic N) is 4. The fourth-order valence-electron chi connectivity index (χ4n) is 2.97. The molecule has 0 unspecified atom stereocenters. The second-order valence-electron chi connectivity index (χ2n) is 7.04. The average molecular weight is 418 g/mol. The highest BCUT2D eigenvalue weighted by molar-refractivity contribution is 6.42. The standard InChI is InChI=1S/C21H25Cl2N5/c1-28(2)12-8-4-3-6-11-25-21-20(17-9-5-7-10-24-17)26-18-13-15(22)16(23)14-19(18)27-21/h5,7,9-10,13-14H,3-4,6,8,11-12H2,1-2H3,(H,25,27). The molecule has 1 aromatic carbocycles. The van der Waals surface area contributed by atoms with E-state index >= 15 is 0 Å². The number of nitrogens with one attached hydrogen (secondary N) is 1. The Hall–Kier alpha value is -1.95. The maximum absolute atomic E-state index is 6.16. The van der Waals surface area contributed by atoms with Crippen LogP contribution in [0.1, 0.15) is 25.7 Å². The van der Waals surface area contributed by atoms with Crippen LogP contribution in [0.15, 0.2) is 36.5 Å². The van der Waals surface area contributed by atoms with Gasteiger partial charge in [0.25, 0.3) is 0 Å². The van der Waals surface area contributed by atoms with Crippen molar-refractivity contribution >= 4 is 40.1 Å². The number of hydrogen-bond donors (Lipinski definition) is 1. The molecule has 0 atom stereocenters. The molecule has 0 aliphatic carbocycles. The topological polar surface area (TPSA) is 53.9 Å². The van der Waals surface area contributed by atoms with Crippen molar-refractivity contribution in [2.24, 2.45) is 0 Å². The van der Waals surface area contributed by atoms with Crippen molar-refractivity contribution in [3.05, 3.63) is 46.6 Å². The summed E-state index contributed by atoms with van der Waals surface area (Å²) in [6.45, 7) is 1.97. The molecule has 0 radical (unpaired) electrons. The highest BCUT2D eigenvalue weighted by Gasteiger charge is 2.13. The van der Waals surface area contributed by atoms with Gasteiger partial charge in [-0.05, 0) is 57.7 Å². The minimum Gasteiger partial charge on any atom is -0.368 e. The lowest BCUT2D eigenvalue weighted by Gasteiger charge is -2.12. The average Bonchev–Trinajstić information content (AvgIpc) is 2.68. The second kappa shape index (κ2) is 10.0. The van der Waals surface area contributed by atoms with Crippen LogP contribution in [-0.2, 0) is 0 Å². The zero-order chi connectivity index (χ0) is 19.9. The summed E-state index contributed by atoms with van der Waals surface area (Å²) in [5, 5.41) is 4.38. The fraction of sp³-hybridized carbons (Fsp3) is 0.381. The number of anilines is 1. The zero-order valence-corrected chi connectivity index (χ0v) is 17.8. The van der Waals surface area contributed by atoms with Gasteiger partial charge in [0, 0.05) is 12.7 Å². The van der Waals surface area contributed by atoms with E-state index < -0.39 is 0 Å². The van der Waals surface area contributed by atoms with E-state index in [2.05, 4.69) is 29.3 Å². The normalized spacial score (nSPS) is 11.3. The maximum Gasteiger partial charge on any atom is 0.154 e. The van der Waals surface area contributed by atoms with Gasteiger partial charge in [0.05, 0.1) is 26.8 Å². The summed E-state index contributed by atoms with van der Waals surface area (Å²) in [5.41, 5.74) is 2.91. The lowest BCUT2D eigenvalue weighted by molar-refractivity contribution is 0.391. The van der Waals surface area contributed by atoms with Crippen LogP contribution >= 0.6 is 23.2 Å². The molecule has 148 valence electrons. The van der Waals surface area contributed by atoms with Crippen molar-refractivity contribution in [3.8, 4) is 11.4 Å². The molecule has 3 rings (SSSR count).